The Morgan fingerprint density at radius 3 is 2.50 bits per heavy atom. The van der Waals surface area contributed by atoms with Crippen LogP contribution >= 0.6 is 22.9 Å². The minimum atomic E-state index is -1.13. The summed E-state index contributed by atoms with van der Waals surface area (Å²) in [5.41, 5.74) is 1.92. The number of Topliss-reactive ketones (excluding diaryl/α,β-unsaturated/α-hetero) is 1. The molecule has 1 heterocycles. The normalized spacial score (nSPS) is 11.8. The molecule has 0 bridgehead atoms. The molecular weight excluding hydrogens is 370 g/mol. The summed E-state index contributed by atoms with van der Waals surface area (Å²) in [6.07, 6.45) is 0. The molecule has 132 valence electrons. The minimum Gasteiger partial charge on any atom is -0.465 e. The third-order valence-electron chi connectivity index (χ3n) is 3.76. The van der Waals surface area contributed by atoms with Crippen molar-refractivity contribution in [2.45, 2.75) is 12.8 Å². The van der Waals surface area contributed by atoms with Crippen molar-refractivity contribution in [1.82, 2.24) is 4.98 Å². The number of rotatable bonds is 6. The van der Waals surface area contributed by atoms with Gasteiger partial charge in [0.2, 0.25) is 0 Å². The second-order valence-corrected chi connectivity index (χ2v) is 6.76. The van der Waals surface area contributed by atoms with E-state index in [2.05, 4.69) is 4.98 Å². The average Bonchev–Trinajstić information content (AvgIpc) is 3.13. The number of ether oxygens (including phenoxy) is 1. The summed E-state index contributed by atoms with van der Waals surface area (Å²) in [6.45, 7) is 1.88. The molecule has 3 rings (SSSR count). The molecule has 1 atom stereocenters. The first-order valence-corrected chi connectivity index (χ1v) is 9.33. The lowest BCUT2D eigenvalue weighted by atomic mass is 9.98. The SMILES string of the molecule is CCOC(=O)C(C(=O)c1ccccc1Cl)c1nc(-c2ccccc2)cs1. The smallest absolute Gasteiger partial charge is 0.323 e. The van der Waals surface area contributed by atoms with Gasteiger partial charge in [-0.1, -0.05) is 54.1 Å². The molecule has 26 heavy (non-hydrogen) atoms. The van der Waals surface area contributed by atoms with Crippen molar-refractivity contribution in [3.63, 3.8) is 0 Å². The number of aromatic nitrogens is 1. The van der Waals surface area contributed by atoms with Crippen molar-refractivity contribution < 1.29 is 14.3 Å². The number of benzene rings is 2. The van der Waals surface area contributed by atoms with Gasteiger partial charge in [0.1, 0.15) is 5.01 Å². The molecule has 0 fully saturated rings. The number of carbonyl (C=O) groups excluding carboxylic acids is 2. The van der Waals surface area contributed by atoms with Gasteiger partial charge in [0.15, 0.2) is 11.7 Å². The molecule has 0 saturated carbocycles. The fourth-order valence-corrected chi connectivity index (χ4v) is 3.66. The lowest BCUT2D eigenvalue weighted by Gasteiger charge is -2.13. The van der Waals surface area contributed by atoms with Crippen LogP contribution in [-0.4, -0.2) is 23.3 Å². The van der Waals surface area contributed by atoms with Crippen LogP contribution in [0.25, 0.3) is 11.3 Å². The number of nitrogens with zero attached hydrogens (tertiary/aromatic N) is 1. The largest absolute Gasteiger partial charge is 0.465 e. The Labute approximate surface area is 160 Å². The third-order valence-corrected chi connectivity index (χ3v) is 5.00. The van der Waals surface area contributed by atoms with E-state index in [1.807, 2.05) is 35.7 Å². The van der Waals surface area contributed by atoms with E-state index in [4.69, 9.17) is 16.3 Å². The summed E-state index contributed by atoms with van der Waals surface area (Å²) in [4.78, 5) is 30.0. The average molecular weight is 386 g/mol. The molecule has 0 N–H and O–H groups in total. The van der Waals surface area contributed by atoms with Crippen LogP contribution in [0.15, 0.2) is 60.0 Å². The molecule has 0 amide bonds. The first kappa shape index (κ1) is 18.3. The zero-order valence-corrected chi connectivity index (χ0v) is 15.6. The zero-order chi connectivity index (χ0) is 18.5. The molecule has 0 aliphatic rings. The highest BCUT2D eigenvalue weighted by Crippen LogP contribution is 2.31. The number of hydrogen-bond acceptors (Lipinski definition) is 5. The monoisotopic (exact) mass is 385 g/mol. The molecule has 0 aliphatic heterocycles. The van der Waals surface area contributed by atoms with Crippen LogP contribution in [0.5, 0.6) is 0 Å². The molecule has 4 nitrogen and oxygen atoms in total. The van der Waals surface area contributed by atoms with Gasteiger partial charge in [0.05, 0.1) is 17.3 Å². The molecule has 0 radical (unpaired) electrons. The Kier molecular flexibility index (Phi) is 5.81. The first-order chi connectivity index (χ1) is 12.6. The summed E-state index contributed by atoms with van der Waals surface area (Å²) >= 11 is 7.40. The van der Waals surface area contributed by atoms with E-state index in [1.165, 1.54) is 11.3 Å². The number of carbonyl (C=O) groups is 2. The Morgan fingerprint density at radius 2 is 1.81 bits per heavy atom. The van der Waals surface area contributed by atoms with Crippen LogP contribution in [0.2, 0.25) is 5.02 Å². The lowest BCUT2D eigenvalue weighted by molar-refractivity contribution is -0.143. The van der Waals surface area contributed by atoms with Crippen LogP contribution in [-0.2, 0) is 9.53 Å². The lowest BCUT2D eigenvalue weighted by Crippen LogP contribution is -2.24. The number of thiazole rings is 1. The highest BCUT2D eigenvalue weighted by Gasteiger charge is 2.34. The minimum absolute atomic E-state index is 0.183. The molecule has 1 aromatic heterocycles. The highest BCUT2D eigenvalue weighted by molar-refractivity contribution is 7.10. The zero-order valence-electron chi connectivity index (χ0n) is 14.0. The Bertz CT molecular complexity index is 924. The Balaban J connectivity index is 2.00. The fraction of sp³-hybridized carbons (Fsp3) is 0.150. The van der Waals surface area contributed by atoms with Crippen molar-refractivity contribution >= 4 is 34.7 Å². The van der Waals surface area contributed by atoms with Gasteiger partial charge >= 0.3 is 5.97 Å². The molecule has 0 aliphatic carbocycles. The van der Waals surface area contributed by atoms with E-state index >= 15 is 0 Å². The topological polar surface area (TPSA) is 56.3 Å². The number of halogens is 1. The van der Waals surface area contributed by atoms with Gasteiger partial charge in [-0.15, -0.1) is 11.3 Å². The molecule has 2 aromatic carbocycles. The summed E-state index contributed by atoms with van der Waals surface area (Å²) < 4.78 is 5.12. The summed E-state index contributed by atoms with van der Waals surface area (Å²) in [5, 5.41) is 2.52. The van der Waals surface area contributed by atoms with Crippen molar-refractivity contribution in [1.29, 1.82) is 0 Å². The van der Waals surface area contributed by atoms with Crippen molar-refractivity contribution in [2.75, 3.05) is 6.61 Å². The van der Waals surface area contributed by atoms with Gasteiger partial charge in [-0.25, -0.2) is 4.98 Å². The van der Waals surface area contributed by atoms with Crippen LogP contribution in [0.3, 0.4) is 0 Å². The number of esters is 1. The quantitative estimate of drug-likeness (QED) is 0.340. The van der Waals surface area contributed by atoms with E-state index in [0.717, 1.165) is 5.56 Å². The van der Waals surface area contributed by atoms with Gasteiger partial charge in [-0.05, 0) is 19.1 Å². The predicted octanol–water partition coefficient (Wildman–Crippen LogP) is 4.99. The van der Waals surface area contributed by atoms with Crippen LogP contribution in [0.1, 0.15) is 28.2 Å². The molecule has 0 spiro atoms. The maximum absolute atomic E-state index is 13.0. The third kappa shape index (κ3) is 3.84. The number of ketones is 1. The van der Waals surface area contributed by atoms with Gasteiger partial charge < -0.3 is 4.74 Å². The van der Waals surface area contributed by atoms with Crippen molar-refractivity contribution in [2.24, 2.45) is 0 Å². The summed E-state index contributed by atoms with van der Waals surface area (Å²) in [7, 11) is 0. The maximum Gasteiger partial charge on any atom is 0.323 e. The molecule has 0 saturated heterocycles. The number of hydrogen-bond donors (Lipinski definition) is 0. The van der Waals surface area contributed by atoms with E-state index in [1.54, 1.807) is 31.2 Å². The van der Waals surface area contributed by atoms with Gasteiger partial charge in [0, 0.05) is 16.5 Å². The van der Waals surface area contributed by atoms with Crippen molar-refractivity contribution in [3.8, 4) is 11.3 Å². The van der Waals surface area contributed by atoms with Crippen LogP contribution < -0.4 is 0 Å². The van der Waals surface area contributed by atoms with E-state index in [0.29, 0.717) is 15.7 Å². The second-order valence-electron chi connectivity index (χ2n) is 5.47. The van der Waals surface area contributed by atoms with Gasteiger partial charge in [-0.2, -0.15) is 0 Å². The first-order valence-electron chi connectivity index (χ1n) is 8.08. The van der Waals surface area contributed by atoms with Gasteiger partial charge in [-0.3, -0.25) is 9.59 Å². The maximum atomic E-state index is 13.0. The molecule has 6 heteroatoms. The second kappa shape index (κ2) is 8.25. The predicted molar refractivity (Wildman–Crippen MR) is 103 cm³/mol. The molecular formula is C20H16ClNO3S. The summed E-state index contributed by atoms with van der Waals surface area (Å²) in [5.74, 6) is -2.16. The highest BCUT2D eigenvalue weighted by atomic mass is 35.5. The van der Waals surface area contributed by atoms with E-state index in [-0.39, 0.29) is 12.2 Å². The Morgan fingerprint density at radius 1 is 1.12 bits per heavy atom. The standard InChI is InChI=1S/C20H16ClNO3S/c1-2-25-20(24)17(18(23)14-10-6-7-11-15(14)21)19-22-16(12-26-19)13-8-4-3-5-9-13/h3-12,17H,2H2,1H3. The Hall–Kier alpha value is -2.50. The van der Waals surface area contributed by atoms with Crippen molar-refractivity contribution in [3.05, 3.63) is 75.6 Å². The summed E-state index contributed by atoms with van der Waals surface area (Å²) in [6, 6.07) is 16.2. The van der Waals surface area contributed by atoms with Crippen LogP contribution in [0, 0.1) is 0 Å². The fourth-order valence-electron chi connectivity index (χ4n) is 2.52. The van der Waals surface area contributed by atoms with E-state index < -0.39 is 17.7 Å². The molecule has 3 aromatic rings. The molecule has 1 unspecified atom stereocenters. The van der Waals surface area contributed by atoms with Crippen LogP contribution in [0.4, 0.5) is 0 Å². The van der Waals surface area contributed by atoms with E-state index in [9.17, 15) is 9.59 Å². The van der Waals surface area contributed by atoms with Gasteiger partial charge in [0.25, 0.3) is 0 Å².